The molecule has 0 amide bonds. The molecule has 0 bridgehead atoms. The summed E-state index contributed by atoms with van der Waals surface area (Å²) in [6.07, 6.45) is 3.75. The number of hydrogen-bond donors (Lipinski definition) is 1. The van der Waals surface area contributed by atoms with E-state index < -0.39 is 0 Å². The van der Waals surface area contributed by atoms with Gasteiger partial charge in [0.05, 0.1) is 4.34 Å². The number of halogens is 1. The summed E-state index contributed by atoms with van der Waals surface area (Å²) in [7, 11) is 0. The maximum Gasteiger partial charge on any atom is 0.194 e. The van der Waals surface area contributed by atoms with E-state index in [1.165, 1.54) is 4.88 Å². The van der Waals surface area contributed by atoms with Gasteiger partial charge in [-0.2, -0.15) is 0 Å². The van der Waals surface area contributed by atoms with E-state index in [9.17, 15) is 0 Å². The minimum atomic E-state index is 0.821. The quantitative estimate of drug-likeness (QED) is 0.522. The zero-order valence-electron chi connectivity index (χ0n) is 16.8. The standard InChI is InChI=1S/C19H30ClN7S/c1-3-7-21-19(22-8-9-27-15-23-24-18(27)4-2)26-12-10-25(11-13-26)14-16-5-6-17(20)28-16/h5-6,15H,3-4,7-14H2,1-2H3,(H,21,22). The van der Waals surface area contributed by atoms with Crippen LogP contribution < -0.4 is 5.32 Å². The molecule has 1 aliphatic rings. The molecule has 9 heteroatoms. The third kappa shape index (κ3) is 5.93. The van der Waals surface area contributed by atoms with Crippen LogP contribution in [0.1, 0.15) is 31.0 Å². The first-order valence-electron chi connectivity index (χ1n) is 10.1. The van der Waals surface area contributed by atoms with Gasteiger partial charge in [0.15, 0.2) is 5.96 Å². The molecule has 28 heavy (non-hydrogen) atoms. The van der Waals surface area contributed by atoms with Crippen molar-refractivity contribution in [3.63, 3.8) is 0 Å². The molecular weight excluding hydrogens is 394 g/mol. The van der Waals surface area contributed by atoms with Gasteiger partial charge in [0.2, 0.25) is 0 Å². The summed E-state index contributed by atoms with van der Waals surface area (Å²) in [5, 5.41) is 11.7. The first-order chi connectivity index (χ1) is 13.7. The number of thiophene rings is 1. The average molecular weight is 424 g/mol. The predicted molar refractivity (Wildman–Crippen MR) is 116 cm³/mol. The summed E-state index contributed by atoms with van der Waals surface area (Å²) in [6.45, 7) is 11.8. The molecule has 0 saturated carbocycles. The van der Waals surface area contributed by atoms with Crippen LogP contribution in [-0.4, -0.2) is 69.8 Å². The van der Waals surface area contributed by atoms with Crippen LogP contribution in [0.25, 0.3) is 0 Å². The van der Waals surface area contributed by atoms with Crippen molar-refractivity contribution >= 4 is 28.9 Å². The second-order valence-corrected chi connectivity index (χ2v) is 8.69. The largest absolute Gasteiger partial charge is 0.354 e. The molecule has 0 aromatic carbocycles. The van der Waals surface area contributed by atoms with Gasteiger partial charge in [0, 0.05) is 63.7 Å². The van der Waals surface area contributed by atoms with Crippen molar-refractivity contribution < 1.29 is 0 Å². The number of nitrogens with one attached hydrogen (secondary N) is 1. The predicted octanol–water partition coefficient (Wildman–Crippen LogP) is 2.73. The number of aryl methyl sites for hydroxylation is 1. The molecule has 0 aliphatic carbocycles. The van der Waals surface area contributed by atoms with Gasteiger partial charge in [0.25, 0.3) is 0 Å². The van der Waals surface area contributed by atoms with Gasteiger partial charge in [-0.1, -0.05) is 25.4 Å². The Morgan fingerprint density at radius 1 is 1.25 bits per heavy atom. The fourth-order valence-electron chi connectivity index (χ4n) is 3.29. The lowest BCUT2D eigenvalue weighted by molar-refractivity contribution is 0.173. The normalized spacial score (nSPS) is 16.0. The number of aromatic nitrogens is 3. The Bertz CT molecular complexity index is 749. The van der Waals surface area contributed by atoms with Crippen molar-refractivity contribution in [1.82, 2.24) is 29.9 Å². The molecule has 3 rings (SSSR count). The highest BCUT2D eigenvalue weighted by atomic mass is 35.5. The molecule has 0 radical (unpaired) electrons. The Hall–Kier alpha value is -1.64. The lowest BCUT2D eigenvalue weighted by Gasteiger charge is -2.36. The van der Waals surface area contributed by atoms with Gasteiger partial charge >= 0.3 is 0 Å². The lowest BCUT2D eigenvalue weighted by Crippen LogP contribution is -2.52. The Morgan fingerprint density at radius 2 is 2.07 bits per heavy atom. The van der Waals surface area contributed by atoms with E-state index in [2.05, 4.69) is 49.8 Å². The van der Waals surface area contributed by atoms with Crippen LogP contribution in [0.2, 0.25) is 4.34 Å². The molecule has 7 nitrogen and oxygen atoms in total. The van der Waals surface area contributed by atoms with Crippen LogP contribution in [0.3, 0.4) is 0 Å². The Balaban J connectivity index is 1.49. The average Bonchev–Trinajstić information content (AvgIpc) is 3.33. The van der Waals surface area contributed by atoms with Gasteiger partial charge in [-0.25, -0.2) is 0 Å². The van der Waals surface area contributed by atoms with Crippen molar-refractivity contribution in [3.05, 3.63) is 33.5 Å². The van der Waals surface area contributed by atoms with Gasteiger partial charge in [-0.3, -0.25) is 9.89 Å². The summed E-state index contributed by atoms with van der Waals surface area (Å²) >= 11 is 7.73. The molecule has 2 aromatic rings. The van der Waals surface area contributed by atoms with E-state index in [1.807, 2.05) is 6.07 Å². The minimum absolute atomic E-state index is 0.821. The summed E-state index contributed by atoms with van der Waals surface area (Å²) in [6, 6.07) is 4.11. The van der Waals surface area contributed by atoms with E-state index >= 15 is 0 Å². The fourth-order valence-corrected chi connectivity index (χ4v) is 4.42. The zero-order valence-corrected chi connectivity index (χ0v) is 18.3. The van der Waals surface area contributed by atoms with E-state index in [0.29, 0.717) is 0 Å². The Kier molecular flexibility index (Phi) is 8.12. The number of guanidine groups is 1. The van der Waals surface area contributed by atoms with Gasteiger partial charge < -0.3 is 14.8 Å². The van der Waals surface area contributed by atoms with Crippen LogP contribution in [0, 0.1) is 0 Å². The van der Waals surface area contributed by atoms with Crippen LogP contribution in [0.15, 0.2) is 23.5 Å². The van der Waals surface area contributed by atoms with Crippen molar-refractivity contribution in [2.45, 2.75) is 39.8 Å². The smallest absolute Gasteiger partial charge is 0.194 e. The first-order valence-corrected chi connectivity index (χ1v) is 11.3. The summed E-state index contributed by atoms with van der Waals surface area (Å²) in [5.41, 5.74) is 0. The van der Waals surface area contributed by atoms with Crippen LogP contribution >= 0.6 is 22.9 Å². The van der Waals surface area contributed by atoms with Crippen molar-refractivity contribution in [2.75, 3.05) is 39.3 Å². The van der Waals surface area contributed by atoms with Gasteiger partial charge in [-0.15, -0.1) is 21.5 Å². The SMILES string of the molecule is CCCN=C(NCCn1cnnc1CC)N1CCN(Cc2ccc(Cl)s2)CC1. The topological polar surface area (TPSA) is 61.6 Å². The molecule has 0 atom stereocenters. The summed E-state index contributed by atoms with van der Waals surface area (Å²) in [4.78, 5) is 11.0. The second-order valence-electron chi connectivity index (χ2n) is 6.90. The molecular formula is C19H30ClN7S. The monoisotopic (exact) mass is 423 g/mol. The van der Waals surface area contributed by atoms with Gasteiger partial charge in [0.1, 0.15) is 12.2 Å². The third-order valence-corrected chi connectivity index (χ3v) is 6.03. The molecule has 1 saturated heterocycles. The fraction of sp³-hybridized carbons (Fsp3) is 0.632. The van der Waals surface area contributed by atoms with Crippen molar-refractivity contribution in [3.8, 4) is 0 Å². The van der Waals surface area contributed by atoms with E-state index in [-0.39, 0.29) is 0 Å². The van der Waals surface area contributed by atoms with Crippen LogP contribution in [-0.2, 0) is 19.5 Å². The molecule has 1 fully saturated rings. The van der Waals surface area contributed by atoms with Crippen LogP contribution in [0.4, 0.5) is 0 Å². The Labute approximate surface area is 176 Å². The lowest BCUT2D eigenvalue weighted by atomic mass is 10.3. The Morgan fingerprint density at radius 3 is 2.75 bits per heavy atom. The van der Waals surface area contributed by atoms with Crippen LogP contribution in [0.5, 0.6) is 0 Å². The van der Waals surface area contributed by atoms with Crippen molar-refractivity contribution in [2.24, 2.45) is 4.99 Å². The molecule has 0 spiro atoms. The number of hydrogen-bond acceptors (Lipinski definition) is 5. The van der Waals surface area contributed by atoms with Gasteiger partial charge in [-0.05, 0) is 18.6 Å². The molecule has 154 valence electrons. The zero-order chi connectivity index (χ0) is 19.8. The van der Waals surface area contributed by atoms with E-state index in [4.69, 9.17) is 16.6 Å². The number of nitrogens with zero attached hydrogens (tertiary/aromatic N) is 6. The number of rotatable bonds is 8. The first kappa shape index (κ1) is 21.1. The van der Waals surface area contributed by atoms with E-state index in [1.54, 1.807) is 17.7 Å². The highest BCUT2D eigenvalue weighted by Gasteiger charge is 2.20. The number of piperazine rings is 1. The molecule has 0 unspecified atom stereocenters. The maximum atomic E-state index is 6.05. The molecule has 1 N–H and O–H groups in total. The summed E-state index contributed by atoms with van der Waals surface area (Å²) in [5.74, 6) is 2.04. The highest BCUT2D eigenvalue weighted by Crippen LogP contribution is 2.23. The maximum absolute atomic E-state index is 6.05. The highest BCUT2D eigenvalue weighted by molar-refractivity contribution is 7.16. The molecule has 1 aliphatic heterocycles. The molecule has 2 aromatic heterocycles. The third-order valence-electron chi connectivity index (χ3n) is 4.81. The van der Waals surface area contributed by atoms with E-state index in [0.717, 1.165) is 81.3 Å². The minimum Gasteiger partial charge on any atom is -0.354 e. The molecule has 3 heterocycles. The number of aliphatic imine (C=N–C) groups is 1. The second kappa shape index (κ2) is 10.8. The van der Waals surface area contributed by atoms with Crippen molar-refractivity contribution in [1.29, 1.82) is 0 Å². The summed E-state index contributed by atoms with van der Waals surface area (Å²) < 4.78 is 2.97.